The van der Waals surface area contributed by atoms with Crippen molar-refractivity contribution in [2.75, 3.05) is 11.9 Å². The minimum absolute atomic E-state index is 0.108. The number of halogens is 1. The van der Waals surface area contributed by atoms with Gasteiger partial charge in [-0.3, -0.25) is 9.59 Å². The molecule has 2 aromatic rings. The Morgan fingerprint density at radius 2 is 2.17 bits per heavy atom. The zero-order valence-electron chi connectivity index (χ0n) is 13.3. The van der Waals surface area contributed by atoms with Gasteiger partial charge in [0.1, 0.15) is 5.76 Å². The van der Waals surface area contributed by atoms with E-state index in [1.807, 2.05) is 19.1 Å². The van der Waals surface area contributed by atoms with Crippen molar-refractivity contribution < 1.29 is 14.0 Å². The quantitative estimate of drug-likeness (QED) is 0.835. The normalized spacial score (nSPS) is 18.9. The molecule has 0 aliphatic heterocycles. The minimum Gasteiger partial charge on any atom is -0.469 e. The Kier molecular flexibility index (Phi) is 4.90. The monoisotopic (exact) mass is 346 g/mol. The number of carbonyl (C=O) groups is 2. The second-order valence-electron chi connectivity index (χ2n) is 5.90. The molecule has 1 saturated carbocycles. The van der Waals surface area contributed by atoms with Crippen LogP contribution in [0.3, 0.4) is 0 Å². The summed E-state index contributed by atoms with van der Waals surface area (Å²) in [5, 5.41) is 6.11. The molecule has 0 spiro atoms. The molecule has 1 aliphatic carbocycles. The number of nitrogens with one attached hydrogen (secondary N) is 2. The van der Waals surface area contributed by atoms with Crippen LogP contribution in [0.25, 0.3) is 0 Å². The third-order valence-electron chi connectivity index (χ3n) is 4.06. The van der Waals surface area contributed by atoms with E-state index >= 15 is 0 Å². The number of benzene rings is 1. The third kappa shape index (κ3) is 3.62. The number of amides is 2. The predicted molar refractivity (Wildman–Crippen MR) is 92.3 cm³/mol. The molecule has 0 radical (unpaired) electrons. The molecule has 0 bridgehead atoms. The van der Waals surface area contributed by atoms with Crippen LogP contribution in [0.15, 0.2) is 41.0 Å². The van der Waals surface area contributed by atoms with E-state index in [2.05, 4.69) is 10.6 Å². The van der Waals surface area contributed by atoms with Gasteiger partial charge in [0.25, 0.3) is 5.91 Å². The summed E-state index contributed by atoms with van der Waals surface area (Å²) in [4.78, 5) is 24.7. The Labute approximate surface area is 145 Å². The smallest absolute Gasteiger partial charge is 0.253 e. The molecule has 1 aromatic carbocycles. The van der Waals surface area contributed by atoms with Crippen LogP contribution in [0.2, 0.25) is 5.02 Å². The van der Waals surface area contributed by atoms with Gasteiger partial charge >= 0.3 is 0 Å². The lowest BCUT2D eigenvalue weighted by atomic mass is 10.1. The molecule has 2 atom stereocenters. The largest absolute Gasteiger partial charge is 0.469 e. The fraction of sp³-hybridized carbons (Fsp3) is 0.333. The molecule has 6 heteroatoms. The highest BCUT2D eigenvalue weighted by Crippen LogP contribution is 2.48. The van der Waals surface area contributed by atoms with Gasteiger partial charge in [0.05, 0.1) is 17.5 Å². The summed E-state index contributed by atoms with van der Waals surface area (Å²) in [7, 11) is 0. The molecule has 24 heavy (non-hydrogen) atoms. The molecule has 3 rings (SSSR count). The highest BCUT2D eigenvalue weighted by Gasteiger charge is 2.46. The number of rotatable bonds is 6. The van der Waals surface area contributed by atoms with E-state index in [9.17, 15) is 9.59 Å². The van der Waals surface area contributed by atoms with Crippen molar-refractivity contribution in [3.63, 3.8) is 0 Å². The second-order valence-corrected chi connectivity index (χ2v) is 6.34. The molecule has 1 heterocycles. The van der Waals surface area contributed by atoms with Crippen LogP contribution >= 0.6 is 11.6 Å². The SMILES string of the molecule is CCCNC(=O)c1ccc(Cl)cc1NC(=O)C1CC1c1ccco1. The standard InChI is InChI=1S/C18H19ClN2O3/c1-2-7-20-17(22)12-6-5-11(19)9-15(12)21-18(23)14-10-13(14)16-4-3-8-24-16/h3-6,8-9,13-14H,2,7,10H2,1H3,(H,20,22)(H,21,23). The topological polar surface area (TPSA) is 71.3 Å². The molecule has 0 saturated heterocycles. The van der Waals surface area contributed by atoms with Crippen LogP contribution in [-0.4, -0.2) is 18.4 Å². The first-order valence-electron chi connectivity index (χ1n) is 8.02. The summed E-state index contributed by atoms with van der Waals surface area (Å²) in [6.07, 6.45) is 3.20. The fourth-order valence-electron chi connectivity index (χ4n) is 2.68. The van der Waals surface area contributed by atoms with Gasteiger partial charge in [0.15, 0.2) is 0 Å². The lowest BCUT2D eigenvalue weighted by Gasteiger charge is -2.12. The Bertz CT molecular complexity index is 743. The first-order valence-corrected chi connectivity index (χ1v) is 8.40. The van der Waals surface area contributed by atoms with Gasteiger partial charge in [-0.05, 0) is 43.2 Å². The molecule has 2 N–H and O–H groups in total. The molecule has 5 nitrogen and oxygen atoms in total. The molecule has 2 amide bonds. The Balaban J connectivity index is 1.71. The molecule has 126 valence electrons. The number of furan rings is 1. The van der Waals surface area contributed by atoms with E-state index in [0.29, 0.717) is 22.8 Å². The Morgan fingerprint density at radius 1 is 1.33 bits per heavy atom. The maximum atomic E-state index is 12.5. The zero-order valence-corrected chi connectivity index (χ0v) is 14.1. The predicted octanol–water partition coefficient (Wildman–Crippen LogP) is 3.82. The van der Waals surface area contributed by atoms with E-state index in [-0.39, 0.29) is 23.7 Å². The average molecular weight is 347 g/mol. The van der Waals surface area contributed by atoms with E-state index in [1.165, 1.54) is 0 Å². The lowest BCUT2D eigenvalue weighted by Crippen LogP contribution is -2.26. The van der Waals surface area contributed by atoms with E-state index in [0.717, 1.165) is 18.6 Å². The van der Waals surface area contributed by atoms with Gasteiger partial charge in [-0.1, -0.05) is 18.5 Å². The lowest BCUT2D eigenvalue weighted by molar-refractivity contribution is -0.117. The minimum atomic E-state index is -0.220. The molecular formula is C18H19ClN2O3. The number of carbonyl (C=O) groups excluding carboxylic acids is 2. The molecule has 2 unspecified atom stereocenters. The first kappa shape index (κ1) is 16.6. The number of hydrogen-bond donors (Lipinski definition) is 2. The molecule has 1 aromatic heterocycles. The second kappa shape index (κ2) is 7.09. The van der Waals surface area contributed by atoms with Gasteiger partial charge in [-0.25, -0.2) is 0 Å². The van der Waals surface area contributed by atoms with Crippen molar-refractivity contribution in [1.29, 1.82) is 0 Å². The van der Waals surface area contributed by atoms with Crippen molar-refractivity contribution in [2.45, 2.75) is 25.7 Å². The van der Waals surface area contributed by atoms with E-state index in [1.54, 1.807) is 24.5 Å². The maximum Gasteiger partial charge on any atom is 0.253 e. The van der Waals surface area contributed by atoms with Crippen molar-refractivity contribution >= 4 is 29.1 Å². The summed E-state index contributed by atoms with van der Waals surface area (Å²) in [6, 6.07) is 8.56. The third-order valence-corrected chi connectivity index (χ3v) is 4.29. The van der Waals surface area contributed by atoms with Gasteiger partial charge in [-0.15, -0.1) is 0 Å². The summed E-state index contributed by atoms with van der Waals surface area (Å²) in [5.74, 6) is 0.450. The van der Waals surface area contributed by atoms with Crippen LogP contribution in [0.5, 0.6) is 0 Å². The summed E-state index contributed by atoms with van der Waals surface area (Å²) in [5.41, 5.74) is 0.850. The van der Waals surface area contributed by atoms with Crippen molar-refractivity contribution in [3.8, 4) is 0 Å². The van der Waals surface area contributed by atoms with Gasteiger partial charge < -0.3 is 15.1 Å². The van der Waals surface area contributed by atoms with Crippen molar-refractivity contribution in [1.82, 2.24) is 5.32 Å². The Hall–Kier alpha value is -2.27. The molecule has 1 aliphatic rings. The highest BCUT2D eigenvalue weighted by atomic mass is 35.5. The summed E-state index contributed by atoms with van der Waals surface area (Å²) >= 11 is 6.02. The van der Waals surface area contributed by atoms with E-state index < -0.39 is 0 Å². The van der Waals surface area contributed by atoms with Gasteiger partial charge in [-0.2, -0.15) is 0 Å². The van der Waals surface area contributed by atoms with Crippen LogP contribution in [0, 0.1) is 5.92 Å². The fourth-order valence-corrected chi connectivity index (χ4v) is 2.85. The molecular weight excluding hydrogens is 328 g/mol. The number of anilines is 1. The van der Waals surface area contributed by atoms with Gasteiger partial charge in [0.2, 0.25) is 5.91 Å². The molecule has 1 fully saturated rings. The average Bonchev–Trinajstić information content (AvgIpc) is 3.18. The Morgan fingerprint density at radius 3 is 2.88 bits per heavy atom. The zero-order chi connectivity index (χ0) is 17.1. The maximum absolute atomic E-state index is 12.5. The highest BCUT2D eigenvalue weighted by molar-refractivity contribution is 6.31. The van der Waals surface area contributed by atoms with E-state index in [4.69, 9.17) is 16.0 Å². The van der Waals surface area contributed by atoms with Crippen LogP contribution < -0.4 is 10.6 Å². The summed E-state index contributed by atoms with van der Waals surface area (Å²) in [6.45, 7) is 2.56. The van der Waals surface area contributed by atoms with Crippen LogP contribution in [0.4, 0.5) is 5.69 Å². The van der Waals surface area contributed by atoms with Crippen molar-refractivity contribution in [3.05, 3.63) is 52.9 Å². The number of hydrogen-bond acceptors (Lipinski definition) is 3. The first-order chi connectivity index (χ1) is 11.6. The van der Waals surface area contributed by atoms with Crippen molar-refractivity contribution in [2.24, 2.45) is 5.92 Å². The van der Waals surface area contributed by atoms with Gasteiger partial charge in [0, 0.05) is 23.4 Å². The summed E-state index contributed by atoms with van der Waals surface area (Å²) < 4.78 is 5.35. The van der Waals surface area contributed by atoms with Crippen LogP contribution in [0.1, 0.15) is 41.8 Å². The van der Waals surface area contributed by atoms with Crippen LogP contribution in [-0.2, 0) is 4.79 Å².